The van der Waals surface area contributed by atoms with Gasteiger partial charge in [-0.3, -0.25) is 14.2 Å². The second-order valence-corrected chi connectivity index (χ2v) is 14.1. The molecule has 0 aliphatic heterocycles. The van der Waals surface area contributed by atoms with Crippen LogP contribution in [0, 0.1) is 6.92 Å². The standard InChI is InChI=1S/C36H39IN4O5S/c1-24-30(31-21-27(46-4)17-18-33(31)41(24)36(43)26-15-13-25(23-37)14-16-26)22-35(42)38-19-5-6-20-39-47(44,45)34-12-8-9-28-29(34)10-7-11-32(28)40(2)3/h7-18,21,39H,5-6,19-20,22-23H2,1-4H3,(H,38,42). The van der Waals surface area contributed by atoms with Gasteiger partial charge in [-0.25, -0.2) is 13.1 Å². The van der Waals surface area contributed by atoms with Crippen LogP contribution in [0.4, 0.5) is 5.69 Å². The molecule has 0 bridgehead atoms. The van der Waals surface area contributed by atoms with Crippen molar-refractivity contribution in [3.63, 3.8) is 0 Å². The molecule has 1 heterocycles. The molecule has 0 radical (unpaired) electrons. The number of hydrogen-bond acceptors (Lipinski definition) is 6. The molecule has 2 N–H and O–H groups in total. The highest BCUT2D eigenvalue weighted by Crippen LogP contribution is 2.32. The maximum atomic E-state index is 13.7. The minimum absolute atomic E-state index is 0.0895. The molecule has 0 unspecified atom stereocenters. The summed E-state index contributed by atoms with van der Waals surface area (Å²) in [5.41, 5.74) is 4.83. The second kappa shape index (κ2) is 14.9. The number of carbonyl (C=O) groups excluding carboxylic acids is 2. The van der Waals surface area contributed by atoms with Crippen LogP contribution in [0.2, 0.25) is 0 Å². The first-order valence-corrected chi connectivity index (χ1v) is 18.4. The Morgan fingerprint density at radius 1 is 0.894 bits per heavy atom. The number of nitrogens with one attached hydrogen (secondary N) is 2. The van der Waals surface area contributed by atoms with Crippen LogP contribution in [-0.2, 0) is 25.7 Å². The topological polar surface area (TPSA) is 110 Å². The lowest BCUT2D eigenvalue weighted by Crippen LogP contribution is -2.28. The Balaban J connectivity index is 1.21. The predicted molar refractivity (Wildman–Crippen MR) is 197 cm³/mol. The van der Waals surface area contributed by atoms with Gasteiger partial charge in [0, 0.05) is 64.7 Å². The van der Waals surface area contributed by atoms with Gasteiger partial charge < -0.3 is 15.0 Å². The zero-order chi connectivity index (χ0) is 33.7. The van der Waals surface area contributed by atoms with Crippen LogP contribution in [0.1, 0.15) is 40.0 Å². The molecule has 0 fully saturated rings. The molecular formula is C36H39IN4O5S. The first-order valence-electron chi connectivity index (χ1n) is 15.4. The Morgan fingerprint density at radius 2 is 1.60 bits per heavy atom. The van der Waals surface area contributed by atoms with Gasteiger partial charge >= 0.3 is 0 Å². The monoisotopic (exact) mass is 766 g/mol. The van der Waals surface area contributed by atoms with E-state index in [0.29, 0.717) is 47.3 Å². The molecule has 11 heteroatoms. The van der Waals surface area contributed by atoms with Crippen LogP contribution in [-0.4, -0.2) is 59.1 Å². The van der Waals surface area contributed by atoms with Gasteiger partial charge in [-0.05, 0) is 73.4 Å². The molecule has 5 aromatic rings. The molecule has 0 aliphatic rings. The number of sulfonamides is 1. The van der Waals surface area contributed by atoms with Crippen molar-refractivity contribution < 1.29 is 22.7 Å². The summed E-state index contributed by atoms with van der Waals surface area (Å²) < 4.78 is 37.1. The summed E-state index contributed by atoms with van der Waals surface area (Å²) in [4.78, 5) is 29.0. The van der Waals surface area contributed by atoms with E-state index < -0.39 is 10.0 Å². The van der Waals surface area contributed by atoms with Gasteiger partial charge in [0.05, 0.1) is 23.9 Å². The van der Waals surface area contributed by atoms with Crippen molar-refractivity contribution in [2.75, 3.05) is 39.2 Å². The molecule has 1 amide bonds. The van der Waals surface area contributed by atoms with Crippen LogP contribution in [0.25, 0.3) is 21.7 Å². The normalized spacial score (nSPS) is 11.6. The van der Waals surface area contributed by atoms with Crippen LogP contribution >= 0.6 is 22.6 Å². The molecule has 5 rings (SSSR count). The average Bonchev–Trinajstić information content (AvgIpc) is 3.34. The number of carbonyl (C=O) groups is 2. The summed E-state index contributed by atoms with van der Waals surface area (Å²) in [7, 11) is 1.71. The molecule has 1 aromatic heterocycles. The number of nitrogens with zero attached hydrogens (tertiary/aromatic N) is 2. The van der Waals surface area contributed by atoms with Gasteiger partial charge in [0.25, 0.3) is 5.91 Å². The number of alkyl halides is 1. The summed E-state index contributed by atoms with van der Waals surface area (Å²) in [6.45, 7) is 2.50. The highest BCUT2D eigenvalue weighted by molar-refractivity contribution is 14.1. The molecule has 0 saturated heterocycles. The molecule has 4 aromatic carbocycles. The Hall–Kier alpha value is -3.94. The summed E-state index contributed by atoms with van der Waals surface area (Å²) in [5.74, 6) is 0.300. The molecule has 246 valence electrons. The van der Waals surface area contributed by atoms with Gasteiger partial charge in [0.2, 0.25) is 15.9 Å². The van der Waals surface area contributed by atoms with Gasteiger partial charge in [-0.1, -0.05) is 59.0 Å². The summed E-state index contributed by atoms with van der Waals surface area (Å²) >= 11 is 2.29. The number of ether oxygens (including phenoxy) is 1. The van der Waals surface area contributed by atoms with E-state index >= 15 is 0 Å². The van der Waals surface area contributed by atoms with Gasteiger partial charge in [-0.2, -0.15) is 0 Å². The van der Waals surface area contributed by atoms with E-state index in [-0.39, 0.29) is 29.7 Å². The van der Waals surface area contributed by atoms with E-state index in [9.17, 15) is 18.0 Å². The third-order valence-electron chi connectivity index (χ3n) is 8.29. The number of benzene rings is 4. The third kappa shape index (κ3) is 7.47. The number of amides is 1. The quantitative estimate of drug-likeness (QED) is 0.0838. The maximum Gasteiger partial charge on any atom is 0.262 e. The third-order valence-corrected chi connectivity index (χ3v) is 10.7. The van der Waals surface area contributed by atoms with E-state index in [1.807, 2.05) is 92.6 Å². The van der Waals surface area contributed by atoms with Crippen LogP contribution in [0.5, 0.6) is 5.75 Å². The smallest absolute Gasteiger partial charge is 0.262 e. The molecule has 0 atom stereocenters. The van der Waals surface area contributed by atoms with E-state index in [4.69, 9.17) is 4.74 Å². The fourth-order valence-electron chi connectivity index (χ4n) is 5.81. The van der Waals surface area contributed by atoms with E-state index in [1.165, 1.54) is 0 Å². The first kappa shape index (κ1) is 34.4. The minimum Gasteiger partial charge on any atom is -0.497 e. The summed E-state index contributed by atoms with van der Waals surface area (Å²) in [6, 6.07) is 24.0. The lowest BCUT2D eigenvalue weighted by atomic mass is 10.1. The largest absolute Gasteiger partial charge is 0.497 e. The highest BCUT2D eigenvalue weighted by Gasteiger charge is 2.22. The lowest BCUT2D eigenvalue weighted by Gasteiger charge is -2.17. The minimum atomic E-state index is -3.73. The molecule has 0 spiro atoms. The van der Waals surface area contributed by atoms with Crippen LogP contribution in [0.15, 0.2) is 83.8 Å². The SMILES string of the molecule is COc1ccc2c(c1)c(CC(=O)NCCCCNS(=O)(=O)c1cccc3c(N(C)C)cccc13)c(C)n2C(=O)c1ccc(CI)cc1. The first-order chi connectivity index (χ1) is 22.6. The van der Waals surface area contributed by atoms with Crippen molar-refractivity contribution in [1.82, 2.24) is 14.6 Å². The number of halogens is 1. The number of fused-ring (bicyclic) bond motifs is 2. The van der Waals surface area contributed by atoms with Crippen molar-refractivity contribution in [3.8, 4) is 5.75 Å². The molecular weight excluding hydrogens is 727 g/mol. The fraction of sp³-hybridized carbons (Fsp3) is 0.278. The fourth-order valence-corrected chi connectivity index (χ4v) is 7.62. The number of rotatable bonds is 13. The highest BCUT2D eigenvalue weighted by atomic mass is 127. The van der Waals surface area contributed by atoms with Gasteiger partial charge in [0.1, 0.15) is 5.75 Å². The van der Waals surface area contributed by atoms with Crippen LogP contribution < -0.4 is 19.7 Å². The van der Waals surface area contributed by atoms with Crippen molar-refractivity contribution in [2.45, 2.75) is 35.5 Å². The molecule has 0 saturated carbocycles. The summed E-state index contributed by atoms with van der Waals surface area (Å²) in [5, 5.41) is 5.28. The Bertz CT molecular complexity index is 2040. The predicted octanol–water partition coefficient (Wildman–Crippen LogP) is 6.22. The molecule has 47 heavy (non-hydrogen) atoms. The average molecular weight is 767 g/mol. The van der Waals surface area contributed by atoms with Crippen molar-refractivity contribution in [1.29, 1.82) is 0 Å². The number of aromatic nitrogens is 1. The maximum absolute atomic E-state index is 13.7. The second-order valence-electron chi connectivity index (χ2n) is 11.6. The van der Waals surface area contributed by atoms with Crippen molar-refractivity contribution >= 4 is 71.8 Å². The Labute approximate surface area is 289 Å². The zero-order valence-corrected chi connectivity index (χ0v) is 29.9. The Kier molecular flexibility index (Phi) is 10.9. The Morgan fingerprint density at radius 3 is 2.30 bits per heavy atom. The van der Waals surface area contributed by atoms with Gasteiger partial charge in [-0.15, -0.1) is 0 Å². The number of unbranched alkanes of at least 4 members (excludes halogenated alkanes) is 1. The molecule has 0 aliphatic carbocycles. The van der Waals surface area contributed by atoms with E-state index in [2.05, 4.69) is 32.6 Å². The number of hydrogen-bond donors (Lipinski definition) is 2. The summed E-state index contributed by atoms with van der Waals surface area (Å²) in [6.07, 6.45) is 1.23. The molecule has 9 nitrogen and oxygen atoms in total. The van der Waals surface area contributed by atoms with E-state index in [0.717, 1.165) is 32.0 Å². The van der Waals surface area contributed by atoms with Crippen LogP contribution in [0.3, 0.4) is 0 Å². The zero-order valence-electron chi connectivity index (χ0n) is 27.0. The van der Waals surface area contributed by atoms with Crippen molar-refractivity contribution in [2.24, 2.45) is 0 Å². The number of anilines is 1. The van der Waals surface area contributed by atoms with Crippen molar-refractivity contribution in [3.05, 3.63) is 101 Å². The number of methoxy groups -OCH3 is 1. The van der Waals surface area contributed by atoms with E-state index in [1.54, 1.807) is 23.8 Å². The lowest BCUT2D eigenvalue weighted by molar-refractivity contribution is -0.120. The van der Waals surface area contributed by atoms with Gasteiger partial charge in [0.15, 0.2) is 0 Å².